The van der Waals surface area contributed by atoms with Gasteiger partial charge in [0, 0.05) is 51.7 Å². The SMILES string of the molecule is Cn1ncc(C(=O)N2CCN([C@@H]3CCS(=O)(=O)C3)CC2)c1-n1cccc1. The summed E-state index contributed by atoms with van der Waals surface area (Å²) in [6.07, 6.45) is 6.11. The molecule has 0 N–H and O–H groups in total. The van der Waals surface area contributed by atoms with Gasteiger partial charge in [-0.15, -0.1) is 0 Å². The third-order valence-electron chi connectivity index (χ3n) is 5.31. The zero-order chi connectivity index (χ0) is 18.3. The summed E-state index contributed by atoms with van der Waals surface area (Å²) in [6, 6.07) is 3.93. The lowest BCUT2D eigenvalue weighted by molar-refractivity contribution is 0.0587. The topological polar surface area (TPSA) is 80.4 Å². The van der Waals surface area contributed by atoms with E-state index in [1.54, 1.807) is 10.9 Å². The average Bonchev–Trinajstić information content (AvgIpc) is 3.34. The van der Waals surface area contributed by atoms with Crippen molar-refractivity contribution in [1.29, 1.82) is 0 Å². The summed E-state index contributed by atoms with van der Waals surface area (Å²) in [7, 11) is -1.06. The molecule has 2 aliphatic rings. The fraction of sp³-hybridized carbons (Fsp3) is 0.529. The van der Waals surface area contributed by atoms with Gasteiger partial charge in [-0.3, -0.25) is 14.4 Å². The van der Waals surface area contributed by atoms with Crippen LogP contribution in [0.3, 0.4) is 0 Å². The molecular formula is C17H23N5O3S. The van der Waals surface area contributed by atoms with Crippen molar-refractivity contribution in [2.75, 3.05) is 37.7 Å². The Kier molecular flexibility index (Phi) is 4.36. The van der Waals surface area contributed by atoms with Gasteiger partial charge in [0.1, 0.15) is 11.4 Å². The van der Waals surface area contributed by atoms with E-state index in [9.17, 15) is 13.2 Å². The first kappa shape index (κ1) is 17.3. The third-order valence-corrected chi connectivity index (χ3v) is 7.06. The maximum absolute atomic E-state index is 13.0. The molecule has 0 aliphatic carbocycles. The van der Waals surface area contributed by atoms with E-state index in [1.165, 1.54) is 0 Å². The summed E-state index contributed by atoms with van der Waals surface area (Å²) in [5.74, 6) is 1.26. The molecule has 0 aromatic carbocycles. The number of carbonyl (C=O) groups is 1. The van der Waals surface area contributed by atoms with E-state index in [0.717, 1.165) is 5.82 Å². The van der Waals surface area contributed by atoms with Crippen molar-refractivity contribution >= 4 is 15.7 Å². The van der Waals surface area contributed by atoms with Crippen molar-refractivity contribution in [2.24, 2.45) is 7.05 Å². The molecule has 0 bridgehead atoms. The van der Waals surface area contributed by atoms with Crippen LogP contribution in [0, 0.1) is 0 Å². The molecule has 9 heteroatoms. The number of sulfone groups is 1. The molecule has 2 aromatic heterocycles. The number of carbonyl (C=O) groups excluding carboxylic acids is 1. The molecule has 0 saturated carbocycles. The van der Waals surface area contributed by atoms with Crippen LogP contribution < -0.4 is 0 Å². The molecule has 8 nitrogen and oxygen atoms in total. The minimum absolute atomic E-state index is 0.0273. The number of nitrogens with zero attached hydrogens (tertiary/aromatic N) is 5. The fourth-order valence-corrected chi connectivity index (χ4v) is 5.65. The minimum Gasteiger partial charge on any atom is -0.336 e. The van der Waals surface area contributed by atoms with Crippen LogP contribution >= 0.6 is 0 Å². The summed E-state index contributed by atoms with van der Waals surface area (Å²) in [6.45, 7) is 2.64. The van der Waals surface area contributed by atoms with Crippen molar-refractivity contribution in [3.63, 3.8) is 0 Å². The monoisotopic (exact) mass is 377 g/mol. The standard InChI is InChI=1S/C17H23N5O3S/c1-19-16(21-5-2-3-6-21)15(12-18-19)17(23)22-9-7-20(8-10-22)14-4-11-26(24,25)13-14/h2-3,5-6,12,14H,4,7-11,13H2,1H3/t14-/m1/s1. The molecule has 2 saturated heterocycles. The third kappa shape index (κ3) is 3.16. The van der Waals surface area contributed by atoms with Gasteiger partial charge in [0.2, 0.25) is 0 Å². The number of aromatic nitrogens is 3. The first-order valence-electron chi connectivity index (χ1n) is 8.84. The molecule has 140 valence electrons. The lowest BCUT2D eigenvalue weighted by Crippen LogP contribution is -2.52. The van der Waals surface area contributed by atoms with Crippen molar-refractivity contribution in [2.45, 2.75) is 12.5 Å². The van der Waals surface area contributed by atoms with Crippen LogP contribution in [-0.2, 0) is 16.9 Å². The largest absolute Gasteiger partial charge is 0.336 e. The van der Waals surface area contributed by atoms with Crippen molar-refractivity contribution in [1.82, 2.24) is 24.1 Å². The van der Waals surface area contributed by atoms with Gasteiger partial charge in [-0.1, -0.05) is 0 Å². The molecule has 1 atom stereocenters. The van der Waals surface area contributed by atoms with Gasteiger partial charge >= 0.3 is 0 Å². The summed E-state index contributed by atoms with van der Waals surface area (Å²) in [5.41, 5.74) is 0.584. The zero-order valence-corrected chi connectivity index (χ0v) is 15.6. The van der Waals surface area contributed by atoms with Gasteiger partial charge in [-0.05, 0) is 18.6 Å². The normalized spacial score (nSPS) is 23.4. The number of piperazine rings is 1. The molecule has 1 amide bonds. The molecule has 4 heterocycles. The Morgan fingerprint density at radius 3 is 2.46 bits per heavy atom. The zero-order valence-electron chi connectivity index (χ0n) is 14.8. The number of hydrogen-bond acceptors (Lipinski definition) is 5. The van der Waals surface area contributed by atoms with E-state index in [1.807, 2.05) is 41.0 Å². The van der Waals surface area contributed by atoms with Crippen LogP contribution in [0.4, 0.5) is 0 Å². The number of rotatable bonds is 3. The molecule has 2 aliphatic heterocycles. The van der Waals surface area contributed by atoms with E-state index >= 15 is 0 Å². The Morgan fingerprint density at radius 2 is 1.85 bits per heavy atom. The highest BCUT2D eigenvalue weighted by Crippen LogP contribution is 2.21. The molecule has 4 rings (SSSR count). The van der Waals surface area contributed by atoms with Gasteiger partial charge in [-0.2, -0.15) is 5.10 Å². The minimum atomic E-state index is -2.88. The van der Waals surface area contributed by atoms with Crippen molar-refractivity contribution in [3.05, 3.63) is 36.3 Å². The highest BCUT2D eigenvalue weighted by molar-refractivity contribution is 7.91. The van der Waals surface area contributed by atoms with Crippen LogP contribution in [0.15, 0.2) is 30.7 Å². The molecule has 26 heavy (non-hydrogen) atoms. The smallest absolute Gasteiger partial charge is 0.259 e. The Hall–Kier alpha value is -2.13. The van der Waals surface area contributed by atoms with Crippen LogP contribution in [0.5, 0.6) is 0 Å². The summed E-state index contributed by atoms with van der Waals surface area (Å²) < 4.78 is 27.0. The Bertz CT molecular complexity index is 895. The van der Waals surface area contributed by atoms with Gasteiger partial charge in [-0.25, -0.2) is 8.42 Å². The maximum atomic E-state index is 13.0. The quantitative estimate of drug-likeness (QED) is 0.761. The maximum Gasteiger partial charge on any atom is 0.259 e. The van der Waals surface area contributed by atoms with E-state index in [0.29, 0.717) is 38.2 Å². The number of amides is 1. The molecule has 0 spiro atoms. The Labute approximate surface area is 152 Å². The fourth-order valence-electron chi connectivity index (χ4n) is 3.89. The Morgan fingerprint density at radius 1 is 1.15 bits per heavy atom. The summed E-state index contributed by atoms with van der Waals surface area (Å²) in [5, 5.41) is 4.25. The van der Waals surface area contributed by atoms with Gasteiger partial charge in [0.25, 0.3) is 5.91 Å². The molecular weight excluding hydrogens is 354 g/mol. The van der Waals surface area contributed by atoms with Crippen LogP contribution in [0.25, 0.3) is 5.82 Å². The van der Waals surface area contributed by atoms with E-state index < -0.39 is 9.84 Å². The highest BCUT2D eigenvalue weighted by Gasteiger charge is 2.35. The summed E-state index contributed by atoms with van der Waals surface area (Å²) in [4.78, 5) is 17.1. The Balaban J connectivity index is 1.45. The van der Waals surface area contributed by atoms with Crippen molar-refractivity contribution in [3.8, 4) is 5.82 Å². The van der Waals surface area contributed by atoms with Gasteiger partial charge in [0.15, 0.2) is 9.84 Å². The van der Waals surface area contributed by atoms with Gasteiger partial charge < -0.3 is 9.47 Å². The van der Waals surface area contributed by atoms with E-state index in [4.69, 9.17) is 0 Å². The van der Waals surface area contributed by atoms with Crippen LogP contribution in [-0.4, -0.2) is 82.2 Å². The number of hydrogen-bond donors (Lipinski definition) is 0. The lowest BCUT2D eigenvalue weighted by Gasteiger charge is -2.37. The second-order valence-corrected chi connectivity index (χ2v) is 9.21. The van der Waals surface area contributed by atoms with E-state index in [2.05, 4.69) is 10.00 Å². The van der Waals surface area contributed by atoms with Gasteiger partial charge in [0.05, 0.1) is 17.7 Å². The second kappa shape index (κ2) is 6.55. The second-order valence-electron chi connectivity index (χ2n) is 6.98. The molecule has 0 radical (unpaired) electrons. The van der Waals surface area contributed by atoms with Crippen LogP contribution in [0.1, 0.15) is 16.8 Å². The first-order valence-corrected chi connectivity index (χ1v) is 10.7. The molecule has 2 aromatic rings. The van der Waals surface area contributed by atoms with Crippen LogP contribution in [0.2, 0.25) is 0 Å². The highest BCUT2D eigenvalue weighted by atomic mass is 32.2. The average molecular weight is 377 g/mol. The van der Waals surface area contributed by atoms with E-state index in [-0.39, 0.29) is 23.5 Å². The number of aryl methyl sites for hydroxylation is 1. The first-order chi connectivity index (χ1) is 12.4. The summed E-state index contributed by atoms with van der Waals surface area (Å²) >= 11 is 0. The molecule has 2 fully saturated rings. The predicted octanol–water partition coefficient (Wildman–Crippen LogP) is 0.156. The lowest BCUT2D eigenvalue weighted by atomic mass is 10.1. The van der Waals surface area contributed by atoms with Crippen molar-refractivity contribution < 1.29 is 13.2 Å². The predicted molar refractivity (Wildman–Crippen MR) is 97.1 cm³/mol. The molecule has 0 unspecified atom stereocenters.